The van der Waals surface area contributed by atoms with Crippen molar-refractivity contribution in [3.63, 3.8) is 0 Å². The number of amides is 1. The SMILES string of the molecule is Cc1c(Br)cccc1NC(=O)C1Cc2ccccc2CN1. The Kier molecular flexibility index (Phi) is 4.08. The summed E-state index contributed by atoms with van der Waals surface area (Å²) in [6.07, 6.45) is 0.731. The van der Waals surface area contributed by atoms with Crippen LogP contribution in [0.5, 0.6) is 0 Å². The number of hydrogen-bond donors (Lipinski definition) is 2. The van der Waals surface area contributed by atoms with Crippen molar-refractivity contribution in [1.29, 1.82) is 0 Å². The molecule has 1 unspecified atom stereocenters. The van der Waals surface area contributed by atoms with Gasteiger partial charge in [0.1, 0.15) is 0 Å². The molecule has 0 fully saturated rings. The number of fused-ring (bicyclic) bond motifs is 1. The van der Waals surface area contributed by atoms with Gasteiger partial charge < -0.3 is 10.6 Å². The largest absolute Gasteiger partial charge is 0.324 e. The predicted molar refractivity (Wildman–Crippen MR) is 88.3 cm³/mol. The zero-order chi connectivity index (χ0) is 14.8. The molecule has 0 aliphatic carbocycles. The molecule has 0 spiro atoms. The average molecular weight is 345 g/mol. The van der Waals surface area contributed by atoms with Gasteiger partial charge in [0.25, 0.3) is 0 Å². The summed E-state index contributed by atoms with van der Waals surface area (Å²) < 4.78 is 1.00. The minimum absolute atomic E-state index is 0.0192. The molecule has 2 aromatic carbocycles. The van der Waals surface area contributed by atoms with E-state index < -0.39 is 0 Å². The highest BCUT2D eigenvalue weighted by atomic mass is 79.9. The van der Waals surface area contributed by atoms with Crippen LogP contribution in [0.1, 0.15) is 16.7 Å². The zero-order valence-corrected chi connectivity index (χ0v) is 13.4. The van der Waals surface area contributed by atoms with Crippen molar-refractivity contribution < 1.29 is 4.79 Å². The molecular formula is C17H17BrN2O. The van der Waals surface area contributed by atoms with Crippen molar-refractivity contribution in [2.75, 3.05) is 5.32 Å². The molecule has 0 saturated heterocycles. The summed E-state index contributed by atoms with van der Waals surface area (Å²) in [5, 5.41) is 6.33. The Morgan fingerprint density at radius 1 is 1.19 bits per heavy atom. The minimum atomic E-state index is -0.182. The Morgan fingerprint density at radius 3 is 2.76 bits per heavy atom. The highest BCUT2D eigenvalue weighted by Crippen LogP contribution is 2.24. The van der Waals surface area contributed by atoms with Gasteiger partial charge in [-0.15, -0.1) is 0 Å². The molecule has 3 rings (SSSR count). The second kappa shape index (κ2) is 6.00. The van der Waals surface area contributed by atoms with Gasteiger partial charge in [0.15, 0.2) is 0 Å². The summed E-state index contributed by atoms with van der Waals surface area (Å²) >= 11 is 3.49. The number of benzene rings is 2. The van der Waals surface area contributed by atoms with E-state index in [-0.39, 0.29) is 11.9 Å². The molecule has 2 aromatic rings. The third-order valence-electron chi connectivity index (χ3n) is 3.92. The van der Waals surface area contributed by atoms with Crippen molar-refractivity contribution >= 4 is 27.5 Å². The van der Waals surface area contributed by atoms with E-state index >= 15 is 0 Å². The first kappa shape index (κ1) is 14.3. The first-order valence-electron chi connectivity index (χ1n) is 7.01. The maximum absolute atomic E-state index is 12.5. The second-order valence-electron chi connectivity index (χ2n) is 5.31. The topological polar surface area (TPSA) is 41.1 Å². The summed E-state index contributed by atoms with van der Waals surface area (Å²) in [6.45, 7) is 2.73. The standard InChI is InChI=1S/C17H17BrN2O/c1-11-14(18)7-4-8-15(11)20-17(21)16-9-12-5-2-3-6-13(12)10-19-16/h2-8,16,19H,9-10H2,1H3,(H,20,21). The zero-order valence-electron chi connectivity index (χ0n) is 11.8. The van der Waals surface area contributed by atoms with Crippen LogP contribution in [0.15, 0.2) is 46.9 Å². The maximum atomic E-state index is 12.5. The fraction of sp³-hybridized carbons (Fsp3) is 0.235. The van der Waals surface area contributed by atoms with Gasteiger partial charge in [-0.1, -0.05) is 46.3 Å². The van der Waals surface area contributed by atoms with Crippen molar-refractivity contribution in [2.45, 2.75) is 25.9 Å². The van der Waals surface area contributed by atoms with E-state index in [0.717, 1.165) is 28.7 Å². The first-order chi connectivity index (χ1) is 10.1. The molecule has 4 heteroatoms. The van der Waals surface area contributed by atoms with Crippen molar-refractivity contribution in [3.8, 4) is 0 Å². The minimum Gasteiger partial charge on any atom is -0.324 e. The number of hydrogen-bond acceptors (Lipinski definition) is 2. The lowest BCUT2D eigenvalue weighted by atomic mass is 9.95. The van der Waals surface area contributed by atoms with Gasteiger partial charge in [-0.2, -0.15) is 0 Å². The lowest BCUT2D eigenvalue weighted by molar-refractivity contribution is -0.118. The lowest BCUT2D eigenvalue weighted by Gasteiger charge is -2.25. The van der Waals surface area contributed by atoms with E-state index in [1.807, 2.05) is 37.3 Å². The van der Waals surface area contributed by atoms with E-state index in [0.29, 0.717) is 0 Å². The van der Waals surface area contributed by atoms with Crippen LogP contribution >= 0.6 is 15.9 Å². The number of halogens is 1. The van der Waals surface area contributed by atoms with Crippen LogP contribution in [0.2, 0.25) is 0 Å². The van der Waals surface area contributed by atoms with Gasteiger partial charge in [-0.05, 0) is 42.2 Å². The fourth-order valence-corrected chi connectivity index (χ4v) is 2.97. The molecule has 0 radical (unpaired) electrons. The Balaban J connectivity index is 1.74. The first-order valence-corrected chi connectivity index (χ1v) is 7.80. The molecule has 21 heavy (non-hydrogen) atoms. The van der Waals surface area contributed by atoms with Crippen molar-refractivity contribution in [2.24, 2.45) is 0 Å². The number of carbonyl (C=O) groups is 1. The average Bonchev–Trinajstić information content (AvgIpc) is 2.51. The smallest absolute Gasteiger partial charge is 0.241 e. The van der Waals surface area contributed by atoms with Gasteiger partial charge in [-0.3, -0.25) is 4.79 Å². The van der Waals surface area contributed by atoms with Crippen LogP contribution in [0.25, 0.3) is 0 Å². The van der Waals surface area contributed by atoms with Crippen molar-refractivity contribution in [3.05, 3.63) is 63.6 Å². The molecule has 0 aromatic heterocycles. The number of nitrogens with one attached hydrogen (secondary N) is 2. The van der Waals surface area contributed by atoms with E-state index in [2.05, 4.69) is 38.7 Å². The lowest BCUT2D eigenvalue weighted by Crippen LogP contribution is -2.44. The number of rotatable bonds is 2. The molecule has 1 amide bonds. The summed E-state index contributed by atoms with van der Waals surface area (Å²) in [4.78, 5) is 12.5. The molecule has 0 saturated carbocycles. The van der Waals surface area contributed by atoms with Crippen LogP contribution in [0.4, 0.5) is 5.69 Å². The summed E-state index contributed by atoms with van der Waals surface area (Å²) in [7, 11) is 0. The third kappa shape index (κ3) is 3.01. The van der Waals surface area contributed by atoms with E-state index in [9.17, 15) is 4.79 Å². The van der Waals surface area contributed by atoms with Gasteiger partial charge in [0.05, 0.1) is 6.04 Å². The molecule has 1 aliphatic heterocycles. The molecule has 1 aliphatic rings. The quantitative estimate of drug-likeness (QED) is 0.876. The van der Waals surface area contributed by atoms with Gasteiger partial charge in [-0.25, -0.2) is 0 Å². The van der Waals surface area contributed by atoms with E-state index in [1.165, 1.54) is 11.1 Å². The van der Waals surface area contributed by atoms with Gasteiger partial charge >= 0.3 is 0 Å². The van der Waals surface area contributed by atoms with E-state index in [4.69, 9.17) is 0 Å². The second-order valence-corrected chi connectivity index (χ2v) is 6.16. The van der Waals surface area contributed by atoms with E-state index in [1.54, 1.807) is 0 Å². The highest BCUT2D eigenvalue weighted by Gasteiger charge is 2.24. The van der Waals surface area contributed by atoms with Crippen LogP contribution in [0, 0.1) is 6.92 Å². The summed E-state index contributed by atoms with van der Waals surface area (Å²) in [5.41, 5.74) is 4.43. The monoisotopic (exact) mass is 344 g/mol. The maximum Gasteiger partial charge on any atom is 0.241 e. The van der Waals surface area contributed by atoms with Crippen LogP contribution in [-0.4, -0.2) is 11.9 Å². The third-order valence-corrected chi connectivity index (χ3v) is 4.78. The molecule has 2 N–H and O–H groups in total. The Labute approximate surface area is 132 Å². The number of anilines is 1. The number of carbonyl (C=O) groups excluding carboxylic acids is 1. The van der Waals surface area contributed by atoms with Crippen LogP contribution in [0.3, 0.4) is 0 Å². The van der Waals surface area contributed by atoms with Gasteiger partial charge in [0, 0.05) is 16.7 Å². The fourth-order valence-electron chi connectivity index (χ4n) is 2.60. The highest BCUT2D eigenvalue weighted by molar-refractivity contribution is 9.10. The molecule has 3 nitrogen and oxygen atoms in total. The molecule has 1 heterocycles. The predicted octanol–water partition coefficient (Wildman–Crippen LogP) is 3.41. The Morgan fingerprint density at radius 2 is 1.95 bits per heavy atom. The molecule has 108 valence electrons. The Bertz CT molecular complexity index is 684. The molecule has 0 bridgehead atoms. The molecule has 1 atom stereocenters. The van der Waals surface area contributed by atoms with Crippen LogP contribution < -0.4 is 10.6 Å². The summed E-state index contributed by atoms with van der Waals surface area (Å²) in [6, 6.07) is 13.9. The normalized spacial score (nSPS) is 17.1. The van der Waals surface area contributed by atoms with Crippen molar-refractivity contribution in [1.82, 2.24) is 5.32 Å². The summed E-state index contributed by atoms with van der Waals surface area (Å²) in [5.74, 6) is 0.0192. The molecular weight excluding hydrogens is 328 g/mol. The van der Waals surface area contributed by atoms with Gasteiger partial charge in [0.2, 0.25) is 5.91 Å². The van der Waals surface area contributed by atoms with Crippen LogP contribution in [-0.2, 0) is 17.8 Å². The Hall–Kier alpha value is -1.65.